The zero-order valence-electron chi connectivity index (χ0n) is 6.90. The van der Waals surface area contributed by atoms with Crippen LogP contribution >= 0.6 is 0 Å². The SMILES string of the molecule is CC(O)C[As](CCO)CCO. The van der Waals surface area contributed by atoms with Crippen LogP contribution in [0.5, 0.6) is 0 Å². The van der Waals surface area contributed by atoms with E-state index in [9.17, 15) is 0 Å². The van der Waals surface area contributed by atoms with Gasteiger partial charge in [-0.05, 0) is 0 Å². The van der Waals surface area contributed by atoms with E-state index in [0.717, 1.165) is 15.6 Å². The van der Waals surface area contributed by atoms with Crippen LogP contribution in [-0.2, 0) is 0 Å². The van der Waals surface area contributed by atoms with Crippen LogP contribution in [-0.4, -0.2) is 49.3 Å². The van der Waals surface area contributed by atoms with Crippen LogP contribution in [0.15, 0.2) is 0 Å². The minimum absolute atomic E-state index is 0.201. The Morgan fingerprint density at radius 1 is 1.18 bits per heavy atom. The van der Waals surface area contributed by atoms with Gasteiger partial charge in [-0.15, -0.1) is 0 Å². The Balaban J connectivity index is 3.50. The van der Waals surface area contributed by atoms with E-state index in [-0.39, 0.29) is 19.3 Å². The van der Waals surface area contributed by atoms with Crippen molar-refractivity contribution in [2.24, 2.45) is 0 Å². The predicted octanol–water partition coefficient (Wildman–Crippen LogP) is -0.153. The van der Waals surface area contributed by atoms with Gasteiger partial charge in [0.05, 0.1) is 0 Å². The van der Waals surface area contributed by atoms with Crippen molar-refractivity contribution in [2.45, 2.75) is 28.7 Å². The number of hydrogen-bond acceptors (Lipinski definition) is 3. The number of rotatable bonds is 6. The quantitative estimate of drug-likeness (QED) is 0.550. The Hall–Kier alpha value is 0.438. The van der Waals surface area contributed by atoms with E-state index in [1.807, 2.05) is 0 Å². The van der Waals surface area contributed by atoms with Gasteiger partial charge in [-0.3, -0.25) is 0 Å². The van der Waals surface area contributed by atoms with Crippen molar-refractivity contribution < 1.29 is 15.3 Å². The molecule has 4 heteroatoms. The Morgan fingerprint density at radius 3 is 1.91 bits per heavy atom. The number of aliphatic hydroxyl groups is 3. The van der Waals surface area contributed by atoms with Crippen LogP contribution in [0, 0.1) is 0 Å². The van der Waals surface area contributed by atoms with Gasteiger partial charge in [-0.25, -0.2) is 0 Å². The Kier molecular flexibility index (Phi) is 7.39. The van der Waals surface area contributed by atoms with E-state index in [1.54, 1.807) is 6.92 Å². The Bertz CT molecular complexity index is 81.8. The van der Waals surface area contributed by atoms with Crippen molar-refractivity contribution in [2.75, 3.05) is 13.2 Å². The van der Waals surface area contributed by atoms with Crippen molar-refractivity contribution >= 4 is 14.7 Å². The van der Waals surface area contributed by atoms with Gasteiger partial charge < -0.3 is 0 Å². The van der Waals surface area contributed by atoms with Crippen LogP contribution in [0.25, 0.3) is 0 Å². The van der Waals surface area contributed by atoms with Crippen LogP contribution in [0.3, 0.4) is 0 Å². The van der Waals surface area contributed by atoms with Gasteiger partial charge in [0.25, 0.3) is 0 Å². The molecule has 0 saturated heterocycles. The first-order valence-corrected chi connectivity index (χ1v) is 7.81. The maximum atomic E-state index is 9.05. The molecule has 0 aromatic rings. The molecule has 0 amide bonds. The second kappa shape index (κ2) is 7.11. The van der Waals surface area contributed by atoms with E-state index in [2.05, 4.69) is 0 Å². The summed E-state index contributed by atoms with van der Waals surface area (Å²) in [6.07, 6.45) is -0.270. The van der Waals surface area contributed by atoms with Gasteiger partial charge >= 0.3 is 71.8 Å². The van der Waals surface area contributed by atoms with Crippen LogP contribution in [0.2, 0.25) is 15.6 Å². The fraction of sp³-hybridized carbons (Fsp3) is 1.00. The molecule has 0 bridgehead atoms. The molecule has 0 spiro atoms. The van der Waals surface area contributed by atoms with Crippen LogP contribution < -0.4 is 0 Å². The Morgan fingerprint density at radius 2 is 1.64 bits per heavy atom. The zero-order chi connectivity index (χ0) is 8.69. The molecule has 0 aliphatic carbocycles. The maximum absolute atomic E-state index is 9.05. The summed E-state index contributed by atoms with van der Waals surface area (Å²) >= 11 is -1.11. The number of hydrogen-bond donors (Lipinski definition) is 3. The third-order valence-corrected chi connectivity index (χ3v) is 7.04. The van der Waals surface area contributed by atoms with Gasteiger partial charge in [0.15, 0.2) is 0 Å². The first-order valence-electron chi connectivity index (χ1n) is 3.82. The van der Waals surface area contributed by atoms with E-state index < -0.39 is 14.7 Å². The van der Waals surface area contributed by atoms with Gasteiger partial charge in [0.1, 0.15) is 0 Å². The zero-order valence-corrected chi connectivity index (χ0v) is 8.78. The summed E-state index contributed by atoms with van der Waals surface area (Å²) in [5.41, 5.74) is 0. The van der Waals surface area contributed by atoms with Gasteiger partial charge in [0, 0.05) is 0 Å². The van der Waals surface area contributed by atoms with Crippen molar-refractivity contribution in [3.05, 3.63) is 0 Å². The standard InChI is InChI=1S/C7H17AsO3/c1-7(11)6-8(2-4-9)3-5-10/h7,9-11H,2-6H2,1H3. The normalized spacial score (nSPS) is 13.9. The van der Waals surface area contributed by atoms with Crippen molar-refractivity contribution in [1.82, 2.24) is 0 Å². The average Bonchev–Trinajstić information content (AvgIpc) is 1.87. The van der Waals surface area contributed by atoms with Gasteiger partial charge in [-0.2, -0.15) is 0 Å². The molecule has 0 aliphatic heterocycles. The van der Waals surface area contributed by atoms with E-state index in [1.165, 1.54) is 0 Å². The molecule has 11 heavy (non-hydrogen) atoms. The summed E-state index contributed by atoms with van der Waals surface area (Å²) in [5, 5.41) is 28.8. The molecule has 3 nitrogen and oxygen atoms in total. The fourth-order valence-corrected chi connectivity index (χ4v) is 4.94. The molecular formula is C7H17AsO3. The molecule has 3 N–H and O–H groups in total. The van der Waals surface area contributed by atoms with Crippen molar-refractivity contribution in [3.63, 3.8) is 0 Å². The van der Waals surface area contributed by atoms with Gasteiger partial charge in [0.2, 0.25) is 0 Å². The second-order valence-corrected chi connectivity index (χ2v) is 8.05. The minimum atomic E-state index is -1.11. The third-order valence-electron chi connectivity index (χ3n) is 1.35. The number of aliphatic hydroxyl groups excluding tert-OH is 3. The molecule has 0 aliphatic rings. The monoisotopic (exact) mass is 224 g/mol. The fourth-order valence-electron chi connectivity index (χ4n) is 0.951. The molecule has 1 unspecified atom stereocenters. The first kappa shape index (κ1) is 11.4. The summed E-state index contributed by atoms with van der Waals surface area (Å²) in [6, 6.07) is 0. The van der Waals surface area contributed by atoms with E-state index in [4.69, 9.17) is 15.3 Å². The second-order valence-electron chi connectivity index (χ2n) is 2.60. The predicted molar refractivity (Wildman–Crippen MR) is 46.0 cm³/mol. The molecule has 0 heterocycles. The summed E-state index contributed by atoms with van der Waals surface area (Å²) in [4.78, 5) is 0. The Labute approximate surface area is 72.3 Å². The summed E-state index contributed by atoms with van der Waals surface area (Å²) in [6.45, 7) is 2.16. The molecule has 0 fully saturated rings. The summed E-state index contributed by atoms with van der Waals surface area (Å²) in [7, 11) is 0. The van der Waals surface area contributed by atoms with Crippen LogP contribution in [0.4, 0.5) is 0 Å². The first-order chi connectivity index (χ1) is 5.20. The summed E-state index contributed by atoms with van der Waals surface area (Å²) < 4.78 is 0. The molecule has 0 aromatic heterocycles. The molecule has 1 atom stereocenters. The van der Waals surface area contributed by atoms with Crippen LogP contribution in [0.1, 0.15) is 6.92 Å². The average molecular weight is 224 g/mol. The van der Waals surface area contributed by atoms with Gasteiger partial charge in [-0.1, -0.05) is 0 Å². The molecule has 0 aromatic carbocycles. The topological polar surface area (TPSA) is 60.7 Å². The molecule has 68 valence electrons. The van der Waals surface area contributed by atoms with E-state index >= 15 is 0 Å². The molecular weight excluding hydrogens is 207 g/mol. The van der Waals surface area contributed by atoms with Crippen molar-refractivity contribution in [1.29, 1.82) is 0 Å². The molecule has 0 rings (SSSR count). The van der Waals surface area contributed by atoms with Crippen molar-refractivity contribution in [3.8, 4) is 0 Å². The third kappa shape index (κ3) is 6.82. The molecule has 0 radical (unpaired) electrons. The summed E-state index contributed by atoms with van der Waals surface area (Å²) in [5.74, 6) is 0. The van der Waals surface area contributed by atoms with E-state index in [0.29, 0.717) is 0 Å². The molecule has 0 saturated carbocycles.